The topological polar surface area (TPSA) is 76.1 Å². The van der Waals surface area contributed by atoms with Gasteiger partial charge in [0.15, 0.2) is 5.79 Å². The standard InChI is InChI=1S/C19H27NO5/c1-11(2)14-12-3-4-13(14)16(18(22)23)15(12)17(21)20-7-5-19(6-8-20)24-9-10-25-19/h12-13,15-16H,3-10H2,1-2H3,(H,22,23)/t12-,13+,15-,16+/m1/s1. The minimum Gasteiger partial charge on any atom is -0.481 e. The minimum atomic E-state index is -0.819. The Morgan fingerprint density at radius 1 is 1.04 bits per heavy atom. The van der Waals surface area contributed by atoms with Gasteiger partial charge in [0.25, 0.3) is 0 Å². The number of rotatable bonds is 2. The number of aliphatic carboxylic acids is 1. The summed E-state index contributed by atoms with van der Waals surface area (Å²) in [7, 11) is 0. The van der Waals surface area contributed by atoms with E-state index < -0.39 is 23.6 Å². The molecule has 2 bridgehead atoms. The van der Waals surface area contributed by atoms with Crippen LogP contribution in [0.3, 0.4) is 0 Å². The van der Waals surface area contributed by atoms with Crippen LogP contribution in [0.25, 0.3) is 0 Å². The molecule has 6 nitrogen and oxygen atoms in total. The second-order valence-electron chi connectivity index (χ2n) is 8.07. The van der Waals surface area contributed by atoms with Gasteiger partial charge >= 0.3 is 5.97 Å². The van der Waals surface area contributed by atoms with Gasteiger partial charge in [-0.2, -0.15) is 0 Å². The quantitative estimate of drug-likeness (QED) is 0.772. The van der Waals surface area contributed by atoms with Crippen molar-refractivity contribution in [2.75, 3.05) is 26.3 Å². The molecular weight excluding hydrogens is 322 g/mol. The average molecular weight is 349 g/mol. The van der Waals surface area contributed by atoms with Crippen LogP contribution in [0, 0.1) is 23.7 Å². The zero-order valence-electron chi connectivity index (χ0n) is 15.0. The molecule has 2 heterocycles. The summed E-state index contributed by atoms with van der Waals surface area (Å²) in [6, 6.07) is 0. The maximum absolute atomic E-state index is 13.2. The van der Waals surface area contributed by atoms with Crippen LogP contribution in [0.15, 0.2) is 11.1 Å². The lowest BCUT2D eigenvalue weighted by molar-refractivity contribution is -0.189. The summed E-state index contributed by atoms with van der Waals surface area (Å²) in [4.78, 5) is 27.0. The van der Waals surface area contributed by atoms with Gasteiger partial charge in [0.1, 0.15) is 0 Å². The van der Waals surface area contributed by atoms with E-state index in [1.54, 1.807) is 0 Å². The number of fused-ring (bicyclic) bond motifs is 2. The van der Waals surface area contributed by atoms with Crippen LogP contribution in [0.1, 0.15) is 39.5 Å². The average Bonchev–Trinajstić information content (AvgIpc) is 3.28. The lowest BCUT2D eigenvalue weighted by Crippen LogP contribution is -2.51. The Balaban J connectivity index is 1.53. The number of hydrogen-bond acceptors (Lipinski definition) is 4. The molecule has 138 valence electrons. The van der Waals surface area contributed by atoms with Crippen molar-refractivity contribution in [3.63, 3.8) is 0 Å². The first-order valence-electron chi connectivity index (χ1n) is 9.40. The van der Waals surface area contributed by atoms with Crippen LogP contribution in [0.5, 0.6) is 0 Å². The smallest absolute Gasteiger partial charge is 0.307 e. The summed E-state index contributed by atoms with van der Waals surface area (Å²) in [5.41, 5.74) is 2.43. The molecule has 2 saturated heterocycles. The van der Waals surface area contributed by atoms with Crippen molar-refractivity contribution >= 4 is 11.9 Å². The number of hydrogen-bond donors (Lipinski definition) is 1. The fourth-order valence-corrected chi connectivity index (χ4v) is 5.65. The Morgan fingerprint density at radius 3 is 2.12 bits per heavy atom. The second-order valence-corrected chi connectivity index (χ2v) is 8.07. The fraction of sp³-hybridized carbons (Fsp3) is 0.789. The number of carbonyl (C=O) groups is 2. The largest absolute Gasteiger partial charge is 0.481 e. The molecule has 0 aromatic rings. The first-order valence-corrected chi connectivity index (χ1v) is 9.40. The third-order valence-corrected chi connectivity index (χ3v) is 6.64. The van der Waals surface area contributed by atoms with Gasteiger partial charge < -0.3 is 19.5 Å². The van der Waals surface area contributed by atoms with E-state index in [2.05, 4.69) is 0 Å². The van der Waals surface area contributed by atoms with Crippen LogP contribution >= 0.6 is 0 Å². The van der Waals surface area contributed by atoms with E-state index >= 15 is 0 Å². The van der Waals surface area contributed by atoms with Gasteiger partial charge in [0.2, 0.25) is 5.91 Å². The highest BCUT2D eigenvalue weighted by Gasteiger charge is 2.58. The molecule has 2 aliphatic carbocycles. The number of ether oxygens (including phenoxy) is 2. The molecule has 4 rings (SSSR count). The van der Waals surface area contributed by atoms with Crippen molar-refractivity contribution in [1.82, 2.24) is 4.90 Å². The number of nitrogens with zero attached hydrogens (tertiary/aromatic N) is 1. The van der Waals surface area contributed by atoms with Crippen molar-refractivity contribution in [3.8, 4) is 0 Å². The Labute approximate surface area is 148 Å². The summed E-state index contributed by atoms with van der Waals surface area (Å²) in [5.74, 6) is -2.13. The number of allylic oxidation sites excluding steroid dienone is 2. The van der Waals surface area contributed by atoms with Crippen molar-refractivity contribution in [2.24, 2.45) is 23.7 Å². The molecule has 2 saturated carbocycles. The van der Waals surface area contributed by atoms with Crippen LogP contribution < -0.4 is 0 Å². The predicted octanol–water partition coefficient (Wildman–Crippen LogP) is 2.05. The van der Waals surface area contributed by atoms with E-state index in [0.29, 0.717) is 39.1 Å². The maximum atomic E-state index is 13.2. The SMILES string of the molecule is CC(C)=C1[C@H]2CC[C@@H]1[C@H](C(=O)O)[C@@H]2C(=O)N1CCC2(CC1)OCCO2. The molecule has 25 heavy (non-hydrogen) atoms. The number of amides is 1. The number of piperidine rings is 1. The van der Waals surface area contributed by atoms with Crippen molar-refractivity contribution in [2.45, 2.75) is 45.3 Å². The Morgan fingerprint density at radius 2 is 1.60 bits per heavy atom. The molecule has 1 N–H and O–H groups in total. The van der Waals surface area contributed by atoms with Crippen molar-refractivity contribution in [1.29, 1.82) is 0 Å². The monoisotopic (exact) mass is 349 g/mol. The molecule has 4 atom stereocenters. The third kappa shape index (κ3) is 2.61. The molecular formula is C19H27NO5. The summed E-state index contributed by atoms with van der Waals surface area (Å²) in [6.45, 7) is 6.50. The highest BCUT2D eigenvalue weighted by molar-refractivity contribution is 5.87. The first kappa shape index (κ1) is 17.0. The van der Waals surface area contributed by atoms with E-state index in [4.69, 9.17) is 9.47 Å². The Kier molecular flexibility index (Phi) is 4.15. The van der Waals surface area contributed by atoms with Gasteiger partial charge in [0, 0.05) is 25.9 Å². The molecule has 4 aliphatic rings. The number of carbonyl (C=O) groups excluding carboxylic acids is 1. The summed E-state index contributed by atoms with van der Waals surface area (Å²) >= 11 is 0. The van der Waals surface area contributed by atoms with Crippen LogP contribution in [-0.4, -0.2) is 54.0 Å². The normalized spacial score (nSPS) is 36.2. The van der Waals surface area contributed by atoms with E-state index in [9.17, 15) is 14.7 Å². The number of carboxylic acids is 1. The van der Waals surface area contributed by atoms with Gasteiger partial charge in [-0.25, -0.2) is 0 Å². The Hall–Kier alpha value is -1.40. The zero-order chi connectivity index (χ0) is 17.8. The summed E-state index contributed by atoms with van der Waals surface area (Å²) in [6.07, 6.45) is 3.19. The predicted molar refractivity (Wildman–Crippen MR) is 89.7 cm³/mol. The van der Waals surface area contributed by atoms with Gasteiger partial charge in [0.05, 0.1) is 25.0 Å². The molecule has 2 aliphatic heterocycles. The molecule has 4 fully saturated rings. The lowest BCUT2D eigenvalue weighted by atomic mass is 9.78. The number of likely N-dealkylation sites (tertiary alicyclic amines) is 1. The first-order chi connectivity index (χ1) is 11.9. The lowest BCUT2D eigenvalue weighted by Gasteiger charge is -2.40. The number of carboxylic acid groups (broad SMARTS) is 1. The van der Waals surface area contributed by atoms with E-state index in [-0.39, 0.29) is 17.7 Å². The highest BCUT2D eigenvalue weighted by Crippen LogP contribution is 2.57. The molecule has 1 spiro atoms. The minimum absolute atomic E-state index is 0.0196. The van der Waals surface area contributed by atoms with Crippen LogP contribution in [0.4, 0.5) is 0 Å². The van der Waals surface area contributed by atoms with Crippen LogP contribution in [0.2, 0.25) is 0 Å². The zero-order valence-corrected chi connectivity index (χ0v) is 15.0. The van der Waals surface area contributed by atoms with E-state index in [1.165, 1.54) is 11.1 Å². The van der Waals surface area contributed by atoms with E-state index in [0.717, 1.165) is 12.8 Å². The van der Waals surface area contributed by atoms with Crippen molar-refractivity contribution < 1.29 is 24.2 Å². The highest BCUT2D eigenvalue weighted by atomic mass is 16.7. The van der Waals surface area contributed by atoms with Crippen LogP contribution in [-0.2, 0) is 19.1 Å². The molecule has 0 radical (unpaired) electrons. The van der Waals surface area contributed by atoms with E-state index in [1.807, 2.05) is 18.7 Å². The molecule has 1 amide bonds. The molecule has 0 aromatic heterocycles. The van der Waals surface area contributed by atoms with Gasteiger partial charge in [-0.3, -0.25) is 9.59 Å². The summed E-state index contributed by atoms with van der Waals surface area (Å²) < 4.78 is 11.5. The molecule has 0 unspecified atom stereocenters. The van der Waals surface area contributed by atoms with Crippen molar-refractivity contribution in [3.05, 3.63) is 11.1 Å². The molecule has 0 aromatic carbocycles. The Bertz CT molecular complexity index is 607. The third-order valence-electron chi connectivity index (χ3n) is 6.64. The van der Waals surface area contributed by atoms with Gasteiger partial charge in [-0.05, 0) is 38.5 Å². The second kappa shape index (κ2) is 6.09. The summed E-state index contributed by atoms with van der Waals surface area (Å²) in [5, 5.41) is 9.79. The van der Waals surface area contributed by atoms with Gasteiger partial charge in [-0.1, -0.05) is 11.1 Å². The maximum Gasteiger partial charge on any atom is 0.307 e. The van der Waals surface area contributed by atoms with Gasteiger partial charge in [-0.15, -0.1) is 0 Å². The molecule has 6 heteroatoms. The fourth-order valence-electron chi connectivity index (χ4n) is 5.65.